The smallest absolute Gasteiger partial charge is 0.414 e. The molecule has 140 valence electrons. The number of likely N-dealkylation sites (tertiary alicyclic amines) is 1. The van der Waals surface area contributed by atoms with Crippen LogP contribution in [-0.4, -0.2) is 58.4 Å². The van der Waals surface area contributed by atoms with Crippen molar-refractivity contribution in [3.63, 3.8) is 0 Å². The number of benzene rings is 1. The third kappa shape index (κ3) is 9.69. The van der Waals surface area contributed by atoms with Gasteiger partial charge in [-0.05, 0) is 69.4 Å². The molecular weight excluding hydrogens is 326 g/mol. The Labute approximate surface area is 147 Å². The van der Waals surface area contributed by atoms with Crippen molar-refractivity contribution in [2.24, 2.45) is 0 Å². The van der Waals surface area contributed by atoms with Gasteiger partial charge in [0, 0.05) is 0 Å². The summed E-state index contributed by atoms with van der Waals surface area (Å²) >= 11 is 0. The summed E-state index contributed by atoms with van der Waals surface area (Å²) in [5.74, 6) is -2.75. The van der Waals surface area contributed by atoms with Crippen molar-refractivity contribution in [3.8, 4) is 5.75 Å². The van der Waals surface area contributed by atoms with Crippen LogP contribution in [0.1, 0.15) is 37.7 Å². The summed E-state index contributed by atoms with van der Waals surface area (Å²) in [6.07, 6.45) is 6.41. The fourth-order valence-electron chi connectivity index (χ4n) is 2.50. The Hall–Kier alpha value is -2.12. The van der Waals surface area contributed by atoms with Gasteiger partial charge in [0.25, 0.3) is 0 Å². The van der Waals surface area contributed by atoms with Crippen molar-refractivity contribution in [2.45, 2.75) is 38.7 Å². The van der Waals surface area contributed by atoms with Crippen LogP contribution >= 0.6 is 0 Å². The van der Waals surface area contributed by atoms with Crippen molar-refractivity contribution in [1.29, 1.82) is 0 Å². The van der Waals surface area contributed by atoms with Gasteiger partial charge in [-0.1, -0.05) is 12.1 Å². The zero-order valence-corrected chi connectivity index (χ0v) is 14.4. The van der Waals surface area contributed by atoms with Crippen molar-refractivity contribution >= 4 is 11.9 Å². The average molecular weight is 353 g/mol. The van der Waals surface area contributed by atoms with Gasteiger partial charge in [-0.25, -0.2) is 9.59 Å². The number of hydrogen-bond acceptors (Lipinski definition) is 5. The summed E-state index contributed by atoms with van der Waals surface area (Å²) in [4.78, 5) is 20.8. The zero-order valence-electron chi connectivity index (χ0n) is 14.4. The molecule has 0 unspecified atom stereocenters. The Morgan fingerprint density at radius 3 is 2.08 bits per heavy atom. The lowest BCUT2D eigenvalue weighted by atomic mass is 10.2. The van der Waals surface area contributed by atoms with Crippen molar-refractivity contribution in [1.82, 2.24) is 4.90 Å². The lowest BCUT2D eigenvalue weighted by Crippen LogP contribution is -2.20. The molecule has 0 bridgehead atoms. The van der Waals surface area contributed by atoms with Gasteiger partial charge in [0.2, 0.25) is 0 Å². The maximum Gasteiger partial charge on any atom is 0.414 e. The van der Waals surface area contributed by atoms with Gasteiger partial charge >= 0.3 is 11.9 Å². The number of hydrogen-bond donors (Lipinski definition) is 3. The molecule has 2 rings (SSSR count). The maximum atomic E-state index is 9.10. The van der Waals surface area contributed by atoms with Gasteiger partial charge in [-0.3, -0.25) is 0 Å². The molecule has 1 saturated heterocycles. The van der Waals surface area contributed by atoms with E-state index in [9.17, 15) is 0 Å². The highest BCUT2D eigenvalue weighted by atomic mass is 16.5. The van der Waals surface area contributed by atoms with E-state index < -0.39 is 11.9 Å². The topological polar surface area (TPSA) is 107 Å². The fourth-order valence-corrected chi connectivity index (χ4v) is 2.50. The van der Waals surface area contributed by atoms with Gasteiger partial charge in [0.05, 0.1) is 13.2 Å². The molecule has 0 saturated carbocycles. The summed E-state index contributed by atoms with van der Waals surface area (Å²) in [5, 5.41) is 23.7. The number of rotatable bonds is 8. The highest BCUT2D eigenvalue weighted by Crippen LogP contribution is 2.13. The second-order valence-corrected chi connectivity index (χ2v) is 5.87. The van der Waals surface area contributed by atoms with Crippen molar-refractivity contribution in [2.75, 3.05) is 26.2 Å². The van der Waals surface area contributed by atoms with E-state index >= 15 is 0 Å². The molecule has 1 fully saturated rings. The average Bonchev–Trinajstić information content (AvgIpc) is 3.12. The Balaban J connectivity index is 0.000000450. The molecule has 1 aromatic rings. The highest BCUT2D eigenvalue weighted by molar-refractivity contribution is 6.27. The molecule has 0 atom stereocenters. The molecule has 7 heteroatoms. The number of carbonyl (C=O) groups is 2. The Kier molecular flexibility index (Phi) is 10.3. The minimum Gasteiger partial charge on any atom is -0.494 e. The predicted molar refractivity (Wildman–Crippen MR) is 92.7 cm³/mol. The highest BCUT2D eigenvalue weighted by Gasteiger charge is 2.09. The number of carboxylic acid groups (broad SMARTS) is 2. The molecule has 0 radical (unpaired) electrons. The predicted octanol–water partition coefficient (Wildman–Crippen LogP) is 1.98. The third-order valence-electron chi connectivity index (χ3n) is 3.87. The number of aliphatic hydroxyl groups excluding tert-OH is 1. The van der Waals surface area contributed by atoms with Crippen LogP contribution in [0.2, 0.25) is 0 Å². The van der Waals surface area contributed by atoms with E-state index in [1.807, 2.05) is 24.3 Å². The van der Waals surface area contributed by atoms with Crippen LogP contribution in [0.15, 0.2) is 24.3 Å². The van der Waals surface area contributed by atoms with Crippen LogP contribution in [0.4, 0.5) is 0 Å². The molecule has 0 amide bonds. The SMILES string of the molecule is O=C(O)C(=O)O.OCc1ccc(OCCCCCN2CCCC2)cc1. The Morgan fingerprint density at radius 2 is 1.56 bits per heavy atom. The number of aliphatic hydroxyl groups is 1. The van der Waals surface area contributed by atoms with Crippen LogP contribution in [0.25, 0.3) is 0 Å². The first-order valence-electron chi connectivity index (χ1n) is 8.54. The van der Waals surface area contributed by atoms with Crippen LogP contribution in [-0.2, 0) is 16.2 Å². The minimum absolute atomic E-state index is 0.0940. The van der Waals surface area contributed by atoms with E-state index in [2.05, 4.69) is 4.90 Å². The lowest BCUT2D eigenvalue weighted by molar-refractivity contribution is -0.159. The monoisotopic (exact) mass is 353 g/mol. The molecule has 1 aliphatic rings. The van der Waals surface area contributed by atoms with Crippen molar-refractivity contribution < 1.29 is 29.6 Å². The first-order valence-corrected chi connectivity index (χ1v) is 8.54. The largest absolute Gasteiger partial charge is 0.494 e. The van der Waals surface area contributed by atoms with Crippen LogP contribution < -0.4 is 4.74 Å². The second kappa shape index (κ2) is 12.3. The maximum absolute atomic E-state index is 9.10. The minimum atomic E-state index is -1.82. The van der Waals surface area contributed by atoms with Gasteiger partial charge < -0.3 is 25.0 Å². The van der Waals surface area contributed by atoms with Gasteiger partial charge in [-0.2, -0.15) is 0 Å². The molecule has 1 aromatic carbocycles. The van der Waals surface area contributed by atoms with Crippen LogP contribution in [0.3, 0.4) is 0 Å². The summed E-state index contributed by atoms with van der Waals surface area (Å²) in [5.41, 5.74) is 0.929. The van der Waals surface area contributed by atoms with E-state index in [0.29, 0.717) is 0 Å². The number of carboxylic acids is 2. The summed E-state index contributed by atoms with van der Waals surface area (Å²) in [7, 11) is 0. The number of nitrogens with zero attached hydrogens (tertiary/aromatic N) is 1. The van der Waals surface area contributed by atoms with E-state index in [-0.39, 0.29) is 6.61 Å². The number of unbranched alkanes of at least 4 members (excludes halogenated alkanes) is 2. The summed E-state index contributed by atoms with van der Waals surface area (Å²) in [6, 6.07) is 7.66. The molecule has 0 aromatic heterocycles. The van der Waals surface area contributed by atoms with E-state index in [1.165, 1.54) is 45.3 Å². The lowest BCUT2D eigenvalue weighted by Gasteiger charge is -2.13. The molecule has 25 heavy (non-hydrogen) atoms. The molecule has 0 spiro atoms. The summed E-state index contributed by atoms with van der Waals surface area (Å²) < 4.78 is 5.68. The summed E-state index contributed by atoms with van der Waals surface area (Å²) in [6.45, 7) is 4.74. The first-order chi connectivity index (χ1) is 12.0. The second-order valence-electron chi connectivity index (χ2n) is 5.87. The quantitative estimate of drug-likeness (QED) is 0.484. The van der Waals surface area contributed by atoms with E-state index in [4.69, 9.17) is 29.6 Å². The zero-order chi connectivity index (χ0) is 18.5. The van der Waals surface area contributed by atoms with Crippen LogP contribution in [0.5, 0.6) is 5.75 Å². The first kappa shape index (κ1) is 20.9. The Morgan fingerprint density at radius 1 is 0.960 bits per heavy atom. The molecular formula is C18H27NO6. The normalized spacial score (nSPS) is 13.8. The Bertz CT molecular complexity index is 499. The van der Waals surface area contributed by atoms with E-state index in [0.717, 1.165) is 24.3 Å². The third-order valence-corrected chi connectivity index (χ3v) is 3.87. The molecule has 3 N–H and O–H groups in total. The molecule has 1 heterocycles. The van der Waals surface area contributed by atoms with Crippen LogP contribution in [0, 0.1) is 0 Å². The van der Waals surface area contributed by atoms with E-state index in [1.54, 1.807) is 0 Å². The molecule has 1 aliphatic heterocycles. The van der Waals surface area contributed by atoms with Gasteiger partial charge in [0.15, 0.2) is 0 Å². The van der Waals surface area contributed by atoms with Gasteiger partial charge in [0.1, 0.15) is 5.75 Å². The molecule has 7 nitrogen and oxygen atoms in total. The van der Waals surface area contributed by atoms with Crippen molar-refractivity contribution in [3.05, 3.63) is 29.8 Å². The number of ether oxygens (including phenoxy) is 1. The standard InChI is InChI=1S/C16H25NO2.C2H2O4/c18-14-15-6-8-16(9-7-15)19-13-5-1-2-10-17-11-3-4-12-17;3-1(4)2(5)6/h6-9,18H,1-5,10-14H2;(H,3,4)(H,5,6). The van der Waals surface area contributed by atoms with Gasteiger partial charge in [-0.15, -0.1) is 0 Å². The molecule has 0 aliphatic carbocycles. The fraction of sp³-hybridized carbons (Fsp3) is 0.556. The number of aliphatic carboxylic acids is 2.